The van der Waals surface area contributed by atoms with Crippen LogP contribution in [0.15, 0.2) is 48.5 Å². The molecule has 5 atom stereocenters. The number of carbonyl (C=O) groups is 1. The molecule has 1 saturated heterocycles. The van der Waals surface area contributed by atoms with Crippen LogP contribution >= 0.6 is 0 Å². The Morgan fingerprint density at radius 2 is 1.32 bits per heavy atom. The minimum absolute atomic E-state index is 0.0886. The van der Waals surface area contributed by atoms with Crippen LogP contribution in [0.4, 0.5) is 4.79 Å². The Balaban J connectivity index is 1.49. The van der Waals surface area contributed by atoms with Crippen molar-refractivity contribution in [1.29, 1.82) is 0 Å². The van der Waals surface area contributed by atoms with Crippen LogP contribution in [0.3, 0.4) is 0 Å². The molecule has 3 unspecified atom stereocenters. The van der Waals surface area contributed by atoms with Gasteiger partial charge in [-0.15, -0.1) is 0 Å². The Morgan fingerprint density at radius 3 is 1.93 bits per heavy atom. The first-order chi connectivity index (χ1) is 20.1. The smallest absolute Gasteiger partial charge is 0.433 e. The van der Waals surface area contributed by atoms with Gasteiger partial charge >= 0.3 is 6.16 Å². The Hall–Kier alpha value is -2.49. The number of aliphatic hydroxyl groups is 1. The zero-order valence-corrected chi connectivity index (χ0v) is 24.7. The van der Waals surface area contributed by atoms with Gasteiger partial charge in [-0.25, -0.2) is 4.79 Å². The number of benzene rings is 2. The van der Waals surface area contributed by atoms with Crippen molar-refractivity contribution in [2.75, 3.05) is 33.0 Å². The molecular formula is C33H46O8. The fourth-order valence-electron chi connectivity index (χ4n) is 5.45. The van der Waals surface area contributed by atoms with E-state index in [9.17, 15) is 9.90 Å². The minimum Gasteiger partial charge on any atom is -0.433 e. The molecule has 226 valence electrons. The SMILES string of the molecule is CCCCOCC1O[C@@H](O)C(OCCCC)C(OCCCC)[C@@H]1OC(=O)OCC1c2ccccc2-c2ccccc21. The van der Waals surface area contributed by atoms with Gasteiger partial charge in [-0.1, -0.05) is 88.6 Å². The third kappa shape index (κ3) is 8.08. The van der Waals surface area contributed by atoms with Gasteiger partial charge in [0.2, 0.25) is 0 Å². The number of aliphatic hydroxyl groups excluding tert-OH is 1. The van der Waals surface area contributed by atoms with Crippen LogP contribution in [-0.4, -0.2) is 75.0 Å². The lowest BCUT2D eigenvalue weighted by atomic mass is 9.98. The summed E-state index contributed by atoms with van der Waals surface area (Å²) in [5, 5.41) is 10.9. The molecule has 8 nitrogen and oxygen atoms in total. The first-order valence-electron chi connectivity index (χ1n) is 15.2. The predicted octanol–water partition coefficient (Wildman–Crippen LogP) is 6.23. The van der Waals surface area contributed by atoms with Crippen LogP contribution in [0.5, 0.6) is 0 Å². The van der Waals surface area contributed by atoms with Crippen LogP contribution in [0.25, 0.3) is 11.1 Å². The predicted molar refractivity (Wildman–Crippen MR) is 156 cm³/mol. The molecule has 2 aromatic rings. The van der Waals surface area contributed by atoms with Crippen molar-refractivity contribution in [2.24, 2.45) is 0 Å². The van der Waals surface area contributed by atoms with E-state index in [0.717, 1.165) is 60.8 Å². The van der Waals surface area contributed by atoms with Crippen LogP contribution in [0.2, 0.25) is 0 Å². The van der Waals surface area contributed by atoms with E-state index in [4.69, 9.17) is 28.4 Å². The van der Waals surface area contributed by atoms with Gasteiger partial charge in [-0.2, -0.15) is 0 Å². The lowest BCUT2D eigenvalue weighted by Gasteiger charge is -2.43. The standard InChI is InChI=1S/C33H46O8/c1-4-7-18-36-22-28-29(30(37-19-8-5-2)31(32(34)40-28)38-20-9-6-3)41-33(35)39-21-27-25-16-12-10-14-23(25)24-15-11-13-17-26(24)27/h10-17,27-32,34H,4-9,18-22H2,1-3H3/t28?,29-,30?,31?,32-/m1/s1. The van der Waals surface area contributed by atoms with Gasteiger partial charge in [0.1, 0.15) is 24.9 Å². The normalized spacial score (nSPS) is 23.7. The van der Waals surface area contributed by atoms with E-state index in [-0.39, 0.29) is 19.1 Å². The number of hydrogen-bond donors (Lipinski definition) is 1. The molecule has 0 spiro atoms. The van der Waals surface area contributed by atoms with Crippen molar-refractivity contribution in [1.82, 2.24) is 0 Å². The average Bonchev–Trinajstić information content (AvgIpc) is 3.30. The molecule has 2 aliphatic rings. The highest BCUT2D eigenvalue weighted by Gasteiger charge is 2.49. The van der Waals surface area contributed by atoms with E-state index < -0.39 is 36.9 Å². The molecule has 4 rings (SSSR count). The maximum absolute atomic E-state index is 13.2. The number of hydrogen-bond acceptors (Lipinski definition) is 8. The molecule has 1 heterocycles. The van der Waals surface area contributed by atoms with E-state index in [2.05, 4.69) is 45.0 Å². The number of unbranched alkanes of at least 4 members (excludes halogenated alkanes) is 3. The van der Waals surface area contributed by atoms with E-state index in [1.54, 1.807) is 0 Å². The number of ether oxygens (including phenoxy) is 6. The third-order valence-electron chi connectivity index (χ3n) is 7.71. The summed E-state index contributed by atoms with van der Waals surface area (Å²) in [6, 6.07) is 16.4. The maximum atomic E-state index is 13.2. The lowest BCUT2D eigenvalue weighted by Crippen LogP contribution is -2.61. The second kappa shape index (κ2) is 16.2. The van der Waals surface area contributed by atoms with Crippen molar-refractivity contribution >= 4 is 6.16 Å². The van der Waals surface area contributed by atoms with E-state index in [1.807, 2.05) is 24.3 Å². The largest absolute Gasteiger partial charge is 0.508 e. The molecule has 1 fully saturated rings. The molecule has 1 N–H and O–H groups in total. The van der Waals surface area contributed by atoms with Crippen LogP contribution in [-0.2, 0) is 28.4 Å². The Kier molecular flexibility index (Phi) is 12.4. The molecule has 1 aliphatic heterocycles. The summed E-state index contributed by atoms with van der Waals surface area (Å²) in [6.07, 6.45) is 0.214. The summed E-state index contributed by atoms with van der Waals surface area (Å²) < 4.78 is 35.7. The Bertz CT molecular complexity index is 1030. The zero-order chi connectivity index (χ0) is 29.0. The molecule has 0 aromatic heterocycles. The highest BCUT2D eigenvalue weighted by molar-refractivity contribution is 5.78. The molecule has 0 amide bonds. The fourth-order valence-corrected chi connectivity index (χ4v) is 5.45. The molecular weight excluding hydrogens is 524 g/mol. The van der Waals surface area contributed by atoms with Crippen molar-refractivity contribution in [3.63, 3.8) is 0 Å². The highest BCUT2D eigenvalue weighted by Crippen LogP contribution is 2.44. The van der Waals surface area contributed by atoms with E-state index in [1.165, 1.54) is 0 Å². The number of fused-ring (bicyclic) bond motifs is 3. The first kappa shape index (κ1) is 31.4. The molecule has 0 saturated carbocycles. The van der Waals surface area contributed by atoms with E-state index >= 15 is 0 Å². The topological polar surface area (TPSA) is 92.7 Å². The maximum Gasteiger partial charge on any atom is 0.508 e. The summed E-state index contributed by atoms with van der Waals surface area (Å²) in [5.74, 6) is -0.0886. The zero-order valence-electron chi connectivity index (χ0n) is 24.7. The van der Waals surface area contributed by atoms with Gasteiger partial charge < -0.3 is 33.5 Å². The van der Waals surface area contributed by atoms with Gasteiger partial charge in [0.15, 0.2) is 12.4 Å². The molecule has 0 bridgehead atoms. The Morgan fingerprint density at radius 1 is 0.756 bits per heavy atom. The molecule has 2 aromatic carbocycles. The lowest BCUT2D eigenvalue weighted by molar-refractivity contribution is -0.306. The number of carbonyl (C=O) groups excluding carboxylic acids is 1. The summed E-state index contributed by atoms with van der Waals surface area (Å²) in [4.78, 5) is 13.2. The van der Waals surface area contributed by atoms with Crippen LogP contribution in [0, 0.1) is 0 Å². The average molecular weight is 571 g/mol. The van der Waals surface area contributed by atoms with Gasteiger partial charge in [0.05, 0.1) is 6.61 Å². The molecule has 0 radical (unpaired) electrons. The first-order valence-corrected chi connectivity index (χ1v) is 15.2. The second-order valence-electron chi connectivity index (χ2n) is 10.7. The van der Waals surface area contributed by atoms with Crippen LogP contribution in [0.1, 0.15) is 76.3 Å². The van der Waals surface area contributed by atoms with Crippen molar-refractivity contribution in [3.05, 3.63) is 59.7 Å². The summed E-state index contributed by atoms with van der Waals surface area (Å²) in [5.41, 5.74) is 4.55. The van der Waals surface area contributed by atoms with Gasteiger partial charge in [0.25, 0.3) is 0 Å². The monoisotopic (exact) mass is 570 g/mol. The molecule has 1 aliphatic carbocycles. The van der Waals surface area contributed by atoms with Gasteiger partial charge in [-0.05, 0) is 41.5 Å². The summed E-state index contributed by atoms with van der Waals surface area (Å²) in [7, 11) is 0. The molecule has 8 heteroatoms. The van der Waals surface area contributed by atoms with Crippen molar-refractivity contribution in [3.8, 4) is 11.1 Å². The van der Waals surface area contributed by atoms with E-state index in [0.29, 0.717) is 19.8 Å². The van der Waals surface area contributed by atoms with Gasteiger partial charge in [-0.3, -0.25) is 0 Å². The summed E-state index contributed by atoms with van der Waals surface area (Å²) in [6.45, 7) is 7.93. The van der Waals surface area contributed by atoms with Gasteiger partial charge in [0, 0.05) is 25.7 Å². The minimum atomic E-state index is -1.24. The quantitative estimate of drug-likeness (QED) is 0.188. The van der Waals surface area contributed by atoms with Crippen molar-refractivity contribution < 1.29 is 38.3 Å². The fraction of sp³-hybridized carbons (Fsp3) is 0.606. The number of rotatable bonds is 16. The summed E-state index contributed by atoms with van der Waals surface area (Å²) >= 11 is 0. The van der Waals surface area contributed by atoms with Crippen molar-refractivity contribution in [2.45, 2.75) is 95.9 Å². The van der Waals surface area contributed by atoms with Crippen LogP contribution < -0.4 is 0 Å². The highest BCUT2D eigenvalue weighted by atomic mass is 16.7. The third-order valence-corrected chi connectivity index (χ3v) is 7.71. The molecule has 41 heavy (non-hydrogen) atoms. The second-order valence-corrected chi connectivity index (χ2v) is 10.7. The Labute approximate surface area is 244 Å².